The van der Waals surface area contributed by atoms with Crippen LogP contribution in [-0.2, 0) is 9.47 Å². The molecule has 1 aromatic heterocycles. The number of hydrogen-bond acceptors (Lipinski definition) is 5. The van der Waals surface area contributed by atoms with Gasteiger partial charge in [-0.25, -0.2) is 0 Å². The molecule has 2 rings (SSSR count). The molecule has 1 aromatic rings. The lowest BCUT2D eigenvalue weighted by atomic mass is 10.3. The topological polar surface area (TPSA) is 49.3 Å². The molecule has 1 fully saturated rings. The minimum Gasteiger partial charge on any atom is -0.382 e. The Morgan fingerprint density at radius 1 is 1.25 bits per heavy atom. The lowest BCUT2D eigenvalue weighted by Crippen LogP contribution is -2.52. The van der Waals surface area contributed by atoms with Crippen LogP contribution in [0, 0.1) is 0 Å². The second-order valence-corrected chi connectivity index (χ2v) is 6.19. The predicted molar refractivity (Wildman–Crippen MR) is 112 cm³/mol. The third-order valence-electron chi connectivity index (χ3n) is 3.66. The number of rotatable bonds is 8. The second-order valence-electron chi connectivity index (χ2n) is 5.27. The number of thiophene rings is 1. The lowest BCUT2D eigenvalue weighted by Gasteiger charge is -2.37. The van der Waals surface area contributed by atoms with E-state index in [1.165, 1.54) is 5.00 Å². The molecule has 2 heterocycles. The molecule has 6 nitrogen and oxygen atoms in total. The Morgan fingerprint density at radius 2 is 2.04 bits per heavy atom. The van der Waals surface area contributed by atoms with Gasteiger partial charge in [-0.1, -0.05) is 0 Å². The maximum absolute atomic E-state index is 5.47. The molecule has 0 atom stereocenters. The van der Waals surface area contributed by atoms with Crippen molar-refractivity contribution in [2.75, 3.05) is 71.1 Å². The molecule has 0 aromatic carbocycles. The van der Waals surface area contributed by atoms with Gasteiger partial charge in [0.1, 0.15) is 0 Å². The van der Waals surface area contributed by atoms with Gasteiger partial charge >= 0.3 is 0 Å². The zero-order chi connectivity index (χ0) is 16.3. The van der Waals surface area contributed by atoms with Crippen LogP contribution in [0.3, 0.4) is 0 Å². The fraction of sp³-hybridized carbons (Fsp3) is 0.688. The van der Waals surface area contributed by atoms with Crippen LogP contribution in [0.2, 0.25) is 0 Å². The molecule has 1 N–H and O–H groups in total. The first-order valence-corrected chi connectivity index (χ1v) is 9.11. The number of hydrogen-bond donors (Lipinski definition) is 1. The predicted octanol–water partition coefficient (Wildman–Crippen LogP) is 2.12. The van der Waals surface area contributed by atoms with E-state index in [1.807, 2.05) is 11.3 Å². The van der Waals surface area contributed by atoms with E-state index in [0.717, 1.165) is 38.7 Å². The Hall–Kier alpha value is -0.580. The van der Waals surface area contributed by atoms with Gasteiger partial charge in [-0.05, 0) is 24.4 Å². The average molecular weight is 468 g/mol. The van der Waals surface area contributed by atoms with Gasteiger partial charge in [0.05, 0.1) is 31.4 Å². The molecule has 138 valence electrons. The number of guanidine groups is 1. The number of piperazine rings is 1. The van der Waals surface area contributed by atoms with Crippen LogP contribution in [-0.4, -0.2) is 77.1 Å². The highest BCUT2D eigenvalue weighted by molar-refractivity contribution is 14.0. The van der Waals surface area contributed by atoms with Gasteiger partial charge in [0.25, 0.3) is 0 Å². The molecule has 0 bridgehead atoms. The van der Waals surface area contributed by atoms with Gasteiger partial charge in [-0.15, -0.1) is 35.3 Å². The second kappa shape index (κ2) is 12.7. The number of anilines is 1. The maximum Gasteiger partial charge on any atom is 0.194 e. The molecule has 24 heavy (non-hydrogen) atoms. The standard InChI is InChI=1S/C16H28N4O2S.HI/c1-3-17-16(18-6-11-22-13-12-21-2)20-9-7-19(8-10-20)15-5-4-14-23-15;/h4-5,14H,3,6-13H2,1-2H3,(H,17,18);1H. The van der Waals surface area contributed by atoms with E-state index in [9.17, 15) is 0 Å². The van der Waals surface area contributed by atoms with E-state index >= 15 is 0 Å². The van der Waals surface area contributed by atoms with E-state index in [2.05, 4.69) is 44.5 Å². The quantitative estimate of drug-likeness (QED) is 0.274. The van der Waals surface area contributed by atoms with E-state index in [-0.39, 0.29) is 24.0 Å². The zero-order valence-electron chi connectivity index (χ0n) is 14.6. The first-order valence-electron chi connectivity index (χ1n) is 8.23. The van der Waals surface area contributed by atoms with Crippen molar-refractivity contribution < 1.29 is 9.47 Å². The van der Waals surface area contributed by atoms with Crippen molar-refractivity contribution in [1.29, 1.82) is 0 Å². The van der Waals surface area contributed by atoms with Crippen LogP contribution in [0.5, 0.6) is 0 Å². The van der Waals surface area contributed by atoms with Gasteiger partial charge in [0.15, 0.2) is 5.96 Å². The van der Waals surface area contributed by atoms with Crippen LogP contribution < -0.4 is 10.2 Å². The minimum atomic E-state index is 0. The van der Waals surface area contributed by atoms with E-state index in [0.29, 0.717) is 26.4 Å². The summed E-state index contributed by atoms with van der Waals surface area (Å²) in [7, 11) is 1.68. The molecule has 8 heteroatoms. The first-order chi connectivity index (χ1) is 11.3. The zero-order valence-corrected chi connectivity index (χ0v) is 17.7. The Balaban J connectivity index is 0.00000288. The fourth-order valence-electron chi connectivity index (χ4n) is 2.47. The summed E-state index contributed by atoms with van der Waals surface area (Å²) in [5.74, 6) is 0.994. The molecule has 0 unspecified atom stereocenters. The van der Waals surface area contributed by atoms with Gasteiger partial charge in [-0.3, -0.25) is 4.99 Å². The summed E-state index contributed by atoms with van der Waals surface area (Å²) in [6.07, 6.45) is 0. The summed E-state index contributed by atoms with van der Waals surface area (Å²) < 4.78 is 10.4. The SMILES string of the molecule is CCNC(=NCCOCCOC)N1CCN(c2cccs2)CC1.I. The first kappa shape index (κ1) is 21.5. The van der Waals surface area contributed by atoms with Gasteiger partial charge in [-0.2, -0.15) is 0 Å². The normalized spacial score (nSPS) is 15.3. The van der Waals surface area contributed by atoms with Crippen LogP contribution in [0.4, 0.5) is 5.00 Å². The summed E-state index contributed by atoms with van der Waals surface area (Å²) in [5.41, 5.74) is 0. The number of ether oxygens (including phenoxy) is 2. The van der Waals surface area contributed by atoms with Crippen molar-refractivity contribution in [1.82, 2.24) is 10.2 Å². The van der Waals surface area contributed by atoms with Crippen molar-refractivity contribution in [3.05, 3.63) is 17.5 Å². The molecule has 0 aliphatic carbocycles. The smallest absolute Gasteiger partial charge is 0.194 e. The van der Waals surface area contributed by atoms with Crippen LogP contribution >= 0.6 is 35.3 Å². The Labute approximate surface area is 166 Å². The van der Waals surface area contributed by atoms with E-state index in [1.54, 1.807) is 7.11 Å². The number of nitrogens with zero attached hydrogens (tertiary/aromatic N) is 3. The largest absolute Gasteiger partial charge is 0.382 e. The molecule has 1 saturated heterocycles. The minimum absolute atomic E-state index is 0. The lowest BCUT2D eigenvalue weighted by molar-refractivity contribution is 0.0747. The molecular weight excluding hydrogens is 439 g/mol. The molecule has 1 aliphatic rings. The number of methoxy groups -OCH3 is 1. The molecular formula is C16H29IN4O2S. The highest BCUT2D eigenvalue weighted by Crippen LogP contribution is 2.22. The number of nitrogens with one attached hydrogen (secondary N) is 1. The highest BCUT2D eigenvalue weighted by atomic mass is 127. The summed E-state index contributed by atoms with van der Waals surface area (Å²) in [6.45, 7) is 9.62. The van der Waals surface area contributed by atoms with Gasteiger partial charge in [0.2, 0.25) is 0 Å². The Kier molecular flexibility index (Phi) is 11.4. The van der Waals surface area contributed by atoms with Crippen molar-refractivity contribution in [3.8, 4) is 0 Å². The van der Waals surface area contributed by atoms with Crippen LogP contribution in [0.1, 0.15) is 6.92 Å². The Bertz CT molecular complexity index is 451. The van der Waals surface area contributed by atoms with Crippen molar-refractivity contribution in [3.63, 3.8) is 0 Å². The van der Waals surface area contributed by atoms with Crippen molar-refractivity contribution >= 4 is 46.3 Å². The fourth-order valence-corrected chi connectivity index (χ4v) is 3.26. The van der Waals surface area contributed by atoms with Crippen molar-refractivity contribution in [2.24, 2.45) is 4.99 Å². The highest BCUT2D eigenvalue weighted by Gasteiger charge is 2.20. The Morgan fingerprint density at radius 3 is 2.67 bits per heavy atom. The molecule has 0 radical (unpaired) electrons. The van der Waals surface area contributed by atoms with E-state index < -0.39 is 0 Å². The molecule has 1 aliphatic heterocycles. The molecule has 0 spiro atoms. The number of halogens is 1. The summed E-state index contributed by atoms with van der Waals surface area (Å²) >= 11 is 1.81. The van der Waals surface area contributed by atoms with E-state index in [4.69, 9.17) is 9.47 Å². The summed E-state index contributed by atoms with van der Waals surface area (Å²) in [6, 6.07) is 4.30. The average Bonchev–Trinajstić information content (AvgIpc) is 3.12. The summed E-state index contributed by atoms with van der Waals surface area (Å²) in [4.78, 5) is 9.45. The van der Waals surface area contributed by atoms with Gasteiger partial charge in [0, 0.05) is 39.8 Å². The third kappa shape index (κ3) is 7.12. The third-order valence-corrected chi connectivity index (χ3v) is 4.59. The number of aliphatic imine (C=N–C) groups is 1. The monoisotopic (exact) mass is 468 g/mol. The molecule has 0 amide bonds. The maximum atomic E-state index is 5.47. The van der Waals surface area contributed by atoms with Gasteiger partial charge < -0.3 is 24.6 Å². The van der Waals surface area contributed by atoms with Crippen LogP contribution in [0.25, 0.3) is 0 Å². The van der Waals surface area contributed by atoms with Crippen molar-refractivity contribution in [2.45, 2.75) is 6.92 Å². The van der Waals surface area contributed by atoms with Crippen LogP contribution in [0.15, 0.2) is 22.5 Å². The summed E-state index contributed by atoms with van der Waals surface area (Å²) in [5, 5.41) is 6.88. The molecule has 0 saturated carbocycles.